The lowest BCUT2D eigenvalue weighted by molar-refractivity contribution is -0.127. The zero-order chi connectivity index (χ0) is 17.7. The van der Waals surface area contributed by atoms with Crippen molar-refractivity contribution in [2.45, 2.75) is 13.8 Å². The van der Waals surface area contributed by atoms with Crippen LogP contribution in [0, 0.1) is 6.92 Å². The van der Waals surface area contributed by atoms with E-state index in [2.05, 4.69) is 5.32 Å². The van der Waals surface area contributed by atoms with Gasteiger partial charge in [-0.1, -0.05) is 0 Å². The van der Waals surface area contributed by atoms with Gasteiger partial charge in [0.25, 0.3) is 5.91 Å². The fraction of sp³-hybridized carbons (Fsp3) is 0.312. The molecule has 1 heterocycles. The average molecular weight is 334 g/mol. The average Bonchev–Trinajstić information content (AvgIpc) is 2.88. The lowest BCUT2D eigenvalue weighted by Crippen LogP contribution is -2.36. The number of rotatable bonds is 7. The van der Waals surface area contributed by atoms with Crippen molar-refractivity contribution in [3.63, 3.8) is 0 Å². The van der Waals surface area contributed by atoms with Crippen LogP contribution in [0.5, 0.6) is 5.75 Å². The molecule has 2 rings (SSSR count). The highest BCUT2D eigenvalue weighted by Gasteiger charge is 2.20. The zero-order valence-electron chi connectivity index (χ0n) is 13.4. The smallest absolute Gasteiger partial charge is 0.375 e. The Morgan fingerprint density at radius 1 is 1.29 bits per heavy atom. The normalized spacial score (nSPS) is 10.4. The second kappa shape index (κ2) is 7.49. The Hall–Kier alpha value is -3.03. The van der Waals surface area contributed by atoms with E-state index in [1.807, 2.05) is 6.92 Å². The fourth-order valence-corrected chi connectivity index (χ4v) is 2.08. The van der Waals surface area contributed by atoms with Crippen molar-refractivity contribution in [1.29, 1.82) is 0 Å². The highest BCUT2D eigenvalue weighted by atomic mass is 16.5. The van der Waals surface area contributed by atoms with Crippen LogP contribution in [0.4, 0.5) is 0 Å². The number of benzene rings is 1. The quantitative estimate of drug-likeness (QED) is 0.726. The molecule has 2 amide bonds. The topological polar surface area (TPSA) is 121 Å². The van der Waals surface area contributed by atoms with Crippen molar-refractivity contribution in [3.8, 4) is 5.75 Å². The molecule has 0 atom stereocenters. The highest BCUT2D eigenvalue weighted by molar-refractivity contribution is 5.97. The number of ether oxygens (including phenoxy) is 2. The number of primary amides is 1. The molecule has 0 saturated heterocycles. The number of fused-ring (bicyclic) bond motifs is 1. The van der Waals surface area contributed by atoms with Gasteiger partial charge < -0.3 is 24.9 Å². The van der Waals surface area contributed by atoms with Crippen LogP contribution in [0.1, 0.15) is 23.0 Å². The van der Waals surface area contributed by atoms with Gasteiger partial charge in [-0.05, 0) is 32.0 Å². The first-order chi connectivity index (χ1) is 11.4. The van der Waals surface area contributed by atoms with Crippen LogP contribution in [0.25, 0.3) is 11.0 Å². The first-order valence-electron chi connectivity index (χ1n) is 7.30. The maximum absolute atomic E-state index is 12.1. The van der Waals surface area contributed by atoms with Crippen molar-refractivity contribution < 1.29 is 28.3 Å². The number of hydrogen-bond acceptors (Lipinski definition) is 6. The van der Waals surface area contributed by atoms with Gasteiger partial charge in [0.15, 0.2) is 6.61 Å². The van der Waals surface area contributed by atoms with E-state index < -0.39 is 24.4 Å². The van der Waals surface area contributed by atoms with Gasteiger partial charge in [0.05, 0.1) is 13.2 Å². The van der Waals surface area contributed by atoms with Gasteiger partial charge >= 0.3 is 5.97 Å². The second-order valence-electron chi connectivity index (χ2n) is 4.97. The monoisotopic (exact) mass is 334 g/mol. The number of amides is 2. The summed E-state index contributed by atoms with van der Waals surface area (Å²) in [5.41, 5.74) is 6.00. The van der Waals surface area contributed by atoms with Crippen molar-refractivity contribution in [1.82, 2.24) is 5.32 Å². The fourth-order valence-electron chi connectivity index (χ4n) is 2.08. The van der Waals surface area contributed by atoms with Crippen molar-refractivity contribution >= 4 is 28.8 Å². The Bertz CT molecular complexity index is 780. The number of nitrogens with two attached hydrogens (primary N) is 1. The second-order valence-corrected chi connectivity index (χ2v) is 4.97. The first kappa shape index (κ1) is 17.3. The summed E-state index contributed by atoms with van der Waals surface area (Å²) < 4.78 is 15.8. The summed E-state index contributed by atoms with van der Waals surface area (Å²) in [6.45, 7) is 3.26. The van der Waals surface area contributed by atoms with Crippen LogP contribution < -0.4 is 15.8 Å². The van der Waals surface area contributed by atoms with E-state index in [4.69, 9.17) is 19.6 Å². The molecule has 0 radical (unpaired) electrons. The Kier molecular flexibility index (Phi) is 5.41. The van der Waals surface area contributed by atoms with Gasteiger partial charge in [-0.15, -0.1) is 0 Å². The maximum Gasteiger partial charge on any atom is 0.375 e. The van der Waals surface area contributed by atoms with Gasteiger partial charge in [0.1, 0.15) is 11.3 Å². The number of furan rings is 1. The predicted molar refractivity (Wildman–Crippen MR) is 84.6 cm³/mol. The number of esters is 1. The van der Waals surface area contributed by atoms with E-state index in [-0.39, 0.29) is 12.3 Å². The summed E-state index contributed by atoms with van der Waals surface area (Å²) in [5.74, 6) is -1.40. The molecule has 8 nitrogen and oxygen atoms in total. The number of nitrogens with one attached hydrogen (secondary N) is 1. The van der Waals surface area contributed by atoms with Gasteiger partial charge in [0, 0.05) is 10.9 Å². The van der Waals surface area contributed by atoms with Gasteiger partial charge in [0.2, 0.25) is 11.7 Å². The summed E-state index contributed by atoms with van der Waals surface area (Å²) in [5, 5.41) is 2.94. The lowest BCUT2D eigenvalue weighted by atomic mass is 10.1. The minimum absolute atomic E-state index is 0.0151. The molecule has 8 heteroatoms. The summed E-state index contributed by atoms with van der Waals surface area (Å²) in [6.07, 6.45) is 0. The van der Waals surface area contributed by atoms with Gasteiger partial charge in [-0.3, -0.25) is 9.59 Å². The van der Waals surface area contributed by atoms with Crippen LogP contribution in [0.3, 0.4) is 0 Å². The Labute approximate surface area is 137 Å². The van der Waals surface area contributed by atoms with E-state index >= 15 is 0 Å². The number of carbonyl (C=O) groups is 3. The molecule has 0 aliphatic rings. The van der Waals surface area contributed by atoms with Crippen LogP contribution in [0.15, 0.2) is 22.6 Å². The Morgan fingerprint density at radius 3 is 2.71 bits per heavy atom. The molecule has 0 aliphatic carbocycles. The van der Waals surface area contributed by atoms with E-state index in [1.54, 1.807) is 25.1 Å². The molecule has 0 aliphatic heterocycles. The Morgan fingerprint density at radius 2 is 2.04 bits per heavy atom. The maximum atomic E-state index is 12.1. The highest BCUT2D eigenvalue weighted by Crippen LogP contribution is 2.29. The molecule has 0 unspecified atom stereocenters. The van der Waals surface area contributed by atoms with Gasteiger partial charge in [-0.25, -0.2) is 4.79 Å². The first-order valence-corrected chi connectivity index (χ1v) is 7.30. The van der Waals surface area contributed by atoms with Crippen molar-refractivity contribution in [2.75, 3.05) is 19.8 Å². The van der Waals surface area contributed by atoms with Crippen molar-refractivity contribution in [2.24, 2.45) is 5.73 Å². The van der Waals surface area contributed by atoms with E-state index in [9.17, 15) is 14.4 Å². The van der Waals surface area contributed by atoms with Crippen molar-refractivity contribution in [3.05, 3.63) is 29.5 Å². The number of carbonyl (C=O) groups excluding carboxylic acids is 3. The van der Waals surface area contributed by atoms with E-state index in [0.717, 1.165) is 5.39 Å². The predicted octanol–water partition coefficient (Wildman–Crippen LogP) is 0.898. The molecule has 1 aromatic carbocycles. The molecule has 128 valence electrons. The lowest BCUT2D eigenvalue weighted by Gasteiger charge is -2.04. The summed E-state index contributed by atoms with van der Waals surface area (Å²) >= 11 is 0. The molecular formula is C16H18N2O6. The summed E-state index contributed by atoms with van der Waals surface area (Å²) in [7, 11) is 0. The number of hydrogen-bond donors (Lipinski definition) is 2. The SMILES string of the molecule is CCOc1ccc2oc(C(=O)OCC(=O)NCC(N)=O)c(C)c2c1. The zero-order valence-corrected chi connectivity index (χ0v) is 13.4. The third-order valence-electron chi connectivity index (χ3n) is 3.20. The minimum atomic E-state index is -0.768. The standard InChI is InChI=1S/C16H18N2O6/c1-3-22-10-4-5-12-11(6-10)9(2)15(24-12)16(21)23-8-14(20)18-7-13(17)19/h4-6H,3,7-8H2,1-2H3,(H2,17,19)(H,18,20). The molecule has 1 aromatic heterocycles. The molecule has 0 saturated carbocycles. The molecular weight excluding hydrogens is 316 g/mol. The molecule has 24 heavy (non-hydrogen) atoms. The van der Waals surface area contributed by atoms with E-state index in [1.165, 1.54) is 0 Å². The summed E-state index contributed by atoms with van der Waals surface area (Å²) in [6, 6.07) is 5.21. The molecule has 0 spiro atoms. The molecule has 3 N–H and O–H groups in total. The largest absolute Gasteiger partial charge is 0.494 e. The van der Waals surface area contributed by atoms with E-state index in [0.29, 0.717) is 23.5 Å². The van der Waals surface area contributed by atoms with Crippen LogP contribution in [-0.2, 0) is 14.3 Å². The third kappa shape index (κ3) is 4.03. The van der Waals surface area contributed by atoms with Crippen LogP contribution >= 0.6 is 0 Å². The molecule has 2 aromatic rings. The molecule has 0 fully saturated rings. The van der Waals surface area contributed by atoms with Crippen LogP contribution in [-0.4, -0.2) is 37.5 Å². The number of aryl methyl sites for hydroxylation is 1. The van der Waals surface area contributed by atoms with Crippen LogP contribution in [0.2, 0.25) is 0 Å². The third-order valence-corrected chi connectivity index (χ3v) is 3.20. The minimum Gasteiger partial charge on any atom is -0.494 e. The molecule has 0 bridgehead atoms. The summed E-state index contributed by atoms with van der Waals surface area (Å²) in [4.78, 5) is 34.0. The Balaban J connectivity index is 2.08. The van der Waals surface area contributed by atoms with Gasteiger partial charge in [-0.2, -0.15) is 0 Å².